The first-order valence-electron chi connectivity index (χ1n) is 8.97. The third kappa shape index (κ3) is 3.47. The Labute approximate surface area is 158 Å². The molecule has 142 valence electrons. The second kappa shape index (κ2) is 7.16. The van der Waals surface area contributed by atoms with Gasteiger partial charge in [-0.3, -0.25) is 4.79 Å². The summed E-state index contributed by atoms with van der Waals surface area (Å²) in [4.78, 5) is 15.0. The Kier molecular flexibility index (Phi) is 5.07. The smallest absolute Gasteiger partial charge is 0.162 e. The fourth-order valence-corrected chi connectivity index (χ4v) is 4.00. The van der Waals surface area contributed by atoms with Gasteiger partial charge >= 0.3 is 0 Å². The monoisotopic (exact) mass is 369 g/mol. The van der Waals surface area contributed by atoms with Gasteiger partial charge in [0.1, 0.15) is 11.6 Å². The summed E-state index contributed by atoms with van der Waals surface area (Å²) in [6, 6.07) is 8.11. The van der Waals surface area contributed by atoms with Crippen molar-refractivity contribution in [3.8, 4) is 6.07 Å². The van der Waals surface area contributed by atoms with E-state index >= 15 is 0 Å². The molecule has 1 aliphatic carbocycles. The number of nitrogens with two attached hydrogens (primary N) is 1. The summed E-state index contributed by atoms with van der Waals surface area (Å²) >= 11 is 0. The van der Waals surface area contributed by atoms with Crippen LogP contribution in [0.5, 0.6) is 0 Å². The van der Waals surface area contributed by atoms with Crippen LogP contribution in [-0.2, 0) is 9.53 Å². The number of allylic oxidation sites excluding steroid dienone is 3. The number of halogens is 1. The van der Waals surface area contributed by atoms with Crippen LogP contribution in [0.4, 0.5) is 4.39 Å². The van der Waals surface area contributed by atoms with E-state index in [9.17, 15) is 14.4 Å². The molecule has 1 heterocycles. The molecule has 2 N–H and O–H groups in total. The Morgan fingerprint density at radius 2 is 2.00 bits per heavy atom. The molecule has 1 aromatic carbocycles. The summed E-state index contributed by atoms with van der Waals surface area (Å²) in [5.41, 5.74) is 8.65. The highest BCUT2D eigenvalue weighted by atomic mass is 19.1. The molecule has 0 fully saturated rings. The number of ketones is 1. The van der Waals surface area contributed by atoms with Gasteiger partial charge in [-0.05, 0) is 29.5 Å². The normalized spacial score (nSPS) is 22.0. The number of methoxy groups -OCH3 is 1. The van der Waals surface area contributed by atoms with E-state index in [4.69, 9.17) is 10.5 Å². The highest BCUT2D eigenvalue weighted by molar-refractivity contribution is 6.00. The molecule has 0 saturated heterocycles. The number of Topliss-reactive ketones (excluding diaryl/α,β-unsaturated/α-hetero) is 1. The number of carbonyl (C=O) groups is 1. The summed E-state index contributed by atoms with van der Waals surface area (Å²) in [5.74, 6) is -0.573. The second-order valence-electron chi connectivity index (χ2n) is 7.84. The number of nitriles is 1. The molecule has 0 amide bonds. The molecule has 0 saturated carbocycles. The van der Waals surface area contributed by atoms with E-state index in [2.05, 4.69) is 19.9 Å². The van der Waals surface area contributed by atoms with Crippen LogP contribution in [0, 0.1) is 22.6 Å². The average Bonchev–Trinajstić information content (AvgIpc) is 2.60. The molecule has 1 atom stereocenters. The van der Waals surface area contributed by atoms with E-state index < -0.39 is 5.92 Å². The van der Waals surface area contributed by atoms with Crippen molar-refractivity contribution >= 4 is 5.78 Å². The van der Waals surface area contributed by atoms with Gasteiger partial charge in [-0.1, -0.05) is 26.0 Å². The van der Waals surface area contributed by atoms with Crippen molar-refractivity contribution in [1.29, 1.82) is 5.26 Å². The Morgan fingerprint density at radius 1 is 1.33 bits per heavy atom. The van der Waals surface area contributed by atoms with E-state index in [0.29, 0.717) is 48.5 Å². The van der Waals surface area contributed by atoms with Crippen molar-refractivity contribution in [2.45, 2.75) is 32.6 Å². The Hall–Kier alpha value is -2.65. The van der Waals surface area contributed by atoms with Crippen molar-refractivity contribution in [2.75, 3.05) is 20.3 Å². The molecular formula is C21H24FN3O2. The summed E-state index contributed by atoms with van der Waals surface area (Å²) in [6.45, 7) is 4.99. The van der Waals surface area contributed by atoms with Crippen LogP contribution in [0.3, 0.4) is 0 Å². The first-order chi connectivity index (χ1) is 12.8. The van der Waals surface area contributed by atoms with Crippen LogP contribution in [0.2, 0.25) is 0 Å². The van der Waals surface area contributed by atoms with Crippen molar-refractivity contribution in [1.82, 2.24) is 4.90 Å². The maximum atomic E-state index is 13.4. The van der Waals surface area contributed by atoms with Crippen LogP contribution in [-0.4, -0.2) is 30.9 Å². The zero-order valence-electron chi connectivity index (χ0n) is 15.9. The Balaban J connectivity index is 2.21. The molecule has 0 bridgehead atoms. The van der Waals surface area contributed by atoms with Crippen LogP contribution in [0.25, 0.3) is 0 Å². The molecule has 0 radical (unpaired) electrons. The zero-order chi connectivity index (χ0) is 19.8. The lowest BCUT2D eigenvalue weighted by Crippen LogP contribution is -2.43. The van der Waals surface area contributed by atoms with Gasteiger partial charge < -0.3 is 15.4 Å². The SMILES string of the molecule is COCCN1C(N)=C(C#N)[C@H](c2ccc(F)cc2)C2=C1CC(C)(C)CC2=O. The van der Waals surface area contributed by atoms with Crippen molar-refractivity contribution < 1.29 is 13.9 Å². The van der Waals surface area contributed by atoms with E-state index in [1.807, 2.05) is 4.90 Å². The topological polar surface area (TPSA) is 79.3 Å². The molecule has 0 spiro atoms. The lowest BCUT2D eigenvalue weighted by atomic mass is 9.68. The molecule has 0 unspecified atom stereocenters. The minimum atomic E-state index is -0.562. The molecular weight excluding hydrogens is 345 g/mol. The van der Waals surface area contributed by atoms with Gasteiger partial charge in [-0.2, -0.15) is 5.26 Å². The number of benzene rings is 1. The standard InChI is InChI=1S/C21H24FN3O2/c1-21(2)10-16-19(17(26)11-21)18(13-4-6-14(22)7-5-13)15(12-23)20(24)25(16)8-9-27-3/h4-7,18H,8-11,24H2,1-3H3/t18-/m0/s1. The van der Waals surface area contributed by atoms with Gasteiger partial charge in [0.05, 0.1) is 24.2 Å². The van der Waals surface area contributed by atoms with E-state index in [0.717, 1.165) is 5.70 Å². The first kappa shape index (κ1) is 19.1. The fraction of sp³-hybridized carbons (Fsp3) is 0.429. The van der Waals surface area contributed by atoms with Crippen molar-refractivity contribution in [3.63, 3.8) is 0 Å². The molecule has 5 nitrogen and oxygen atoms in total. The number of hydrogen-bond acceptors (Lipinski definition) is 5. The largest absolute Gasteiger partial charge is 0.384 e. The number of rotatable bonds is 4. The van der Waals surface area contributed by atoms with Gasteiger partial charge in [-0.25, -0.2) is 4.39 Å². The summed E-state index contributed by atoms with van der Waals surface area (Å²) in [7, 11) is 1.60. The molecule has 0 aromatic heterocycles. The maximum absolute atomic E-state index is 13.4. The molecule has 6 heteroatoms. The average molecular weight is 369 g/mol. The van der Waals surface area contributed by atoms with Crippen molar-refractivity contribution in [2.24, 2.45) is 11.1 Å². The number of ether oxygens (including phenoxy) is 1. The predicted molar refractivity (Wildman–Crippen MR) is 99.6 cm³/mol. The minimum absolute atomic E-state index is 0.0123. The molecule has 2 aliphatic rings. The van der Waals surface area contributed by atoms with Crippen LogP contribution >= 0.6 is 0 Å². The molecule has 1 aliphatic heterocycles. The van der Waals surface area contributed by atoms with E-state index in [-0.39, 0.29) is 17.0 Å². The second-order valence-corrected chi connectivity index (χ2v) is 7.84. The highest BCUT2D eigenvalue weighted by Crippen LogP contribution is 2.48. The summed E-state index contributed by atoms with van der Waals surface area (Å²) in [5, 5.41) is 9.82. The summed E-state index contributed by atoms with van der Waals surface area (Å²) in [6.07, 6.45) is 1.08. The Morgan fingerprint density at radius 3 is 2.59 bits per heavy atom. The lowest BCUT2D eigenvalue weighted by Gasteiger charge is -2.43. The highest BCUT2D eigenvalue weighted by Gasteiger charge is 2.44. The molecule has 1 aromatic rings. The first-order valence-corrected chi connectivity index (χ1v) is 8.97. The maximum Gasteiger partial charge on any atom is 0.162 e. The molecule has 3 rings (SSSR count). The predicted octanol–water partition coefficient (Wildman–Crippen LogP) is 3.21. The van der Waals surface area contributed by atoms with Crippen LogP contribution in [0.15, 0.2) is 46.9 Å². The third-order valence-electron chi connectivity index (χ3n) is 5.21. The van der Waals surface area contributed by atoms with Gasteiger partial charge in [0.2, 0.25) is 0 Å². The van der Waals surface area contributed by atoms with Gasteiger partial charge in [0, 0.05) is 31.3 Å². The summed E-state index contributed by atoms with van der Waals surface area (Å²) < 4.78 is 18.6. The van der Waals surface area contributed by atoms with Crippen LogP contribution in [0.1, 0.15) is 38.2 Å². The van der Waals surface area contributed by atoms with E-state index in [1.165, 1.54) is 12.1 Å². The molecule has 27 heavy (non-hydrogen) atoms. The van der Waals surface area contributed by atoms with Gasteiger partial charge in [0.15, 0.2) is 5.78 Å². The fourth-order valence-electron chi connectivity index (χ4n) is 4.00. The van der Waals surface area contributed by atoms with Gasteiger partial charge in [-0.15, -0.1) is 0 Å². The third-order valence-corrected chi connectivity index (χ3v) is 5.21. The number of hydrogen-bond donors (Lipinski definition) is 1. The zero-order valence-corrected chi connectivity index (χ0v) is 15.9. The minimum Gasteiger partial charge on any atom is -0.384 e. The van der Waals surface area contributed by atoms with Gasteiger partial charge in [0.25, 0.3) is 0 Å². The van der Waals surface area contributed by atoms with Crippen molar-refractivity contribution in [3.05, 3.63) is 58.3 Å². The Bertz CT molecular complexity index is 862. The quantitative estimate of drug-likeness (QED) is 0.882. The lowest BCUT2D eigenvalue weighted by molar-refractivity contribution is -0.118. The number of nitrogens with zero attached hydrogens (tertiary/aromatic N) is 2. The van der Waals surface area contributed by atoms with E-state index in [1.54, 1.807) is 19.2 Å². The van der Waals surface area contributed by atoms with Crippen LogP contribution < -0.4 is 5.73 Å². The number of carbonyl (C=O) groups excluding carboxylic acids is 1.